The van der Waals surface area contributed by atoms with Crippen LogP contribution in [-0.4, -0.2) is 37.2 Å². The van der Waals surface area contributed by atoms with Crippen molar-refractivity contribution >= 4 is 17.9 Å². The van der Waals surface area contributed by atoms with Crippen LogP contribution in [0.25, 0.3) is 0 Å². The summed E-state index contributed by atoms with van der Waals surface area (Å²) in [6, 6.07) is 0. The second-order valence-electron chi connectivity index (χ2n) is 16.7. The lowest BCUT2D eigenvalue weighted by atomic mass is 10.1. The van der Waals surface area contributed by atoms with Crippen molar-refractivity contribution in [2.45, 2.75) is 245 Å². The molecule has 0 bridgehead atoms. The molecule has 0 aromatic rings. The van der Waals surface area contributed by atoms with Gasteiger partial charge in [0.25, 0.3) is 0 Å². The van der Waals surface area contributed by atoms with Gasteiger partial charge in [-0.3, -0.25) is 14.4 Å². The van der Waals surface area contributed by atoms with Crippen LogP contribution in [0.1, 0.15) is 239 Å². The number of rotatable bonds is 45. The lowest BCUT2D eigenvalue weighted by molar-refractivity contribution is -0.167. The number of allylic oxidation sites excluding steroid dienone is 12. The summed E-state index contributed by atoms with van der Waals surface area (Å²) >= 11 is 0. The van der Waals surface area contributed by atoms with Gasteiger partial charge in [0.15, 0.2) is 6.10 Å². The molecule has 0 N–H and O–H groups in total. The van der Waals surface area contributed by atoms with Crippen LogP contribution in [-0.2, 0) is 28.6 Å². The first-order valence-corrected chi connectivity index (χ1v) is 25.4. The van der Waals surface area contributed by atoms with E-state index in [2.05, 4.69) is 93.7 Å². The molecule has 0 saturated heterocycles. The Balaban J connectivity index is 4.39. The van der Waals surface area contributed by atoms with E-state index in [1.54, 1.807) is 0 Å². The standard InChI is InChI=1S/C55H94O6/c1-4-7-10-13-16-19-22-24-26-27-28-29-30-32-33-36-39-42-45-48-54(57)60-51-52(50-59-53(56)47-44-41-38-35-21-18-15-12-9-6-3)61-55(58)49-46-43-40-37-34-31-25-23-20-17-14-11-8-5-2/h7,10,15-16,18-19,24,26,28-29,31,34,52H,4-6,8-9,11-14,17,20-23,25,27,30,32-33,35-51H2,1-3H3/b10-7-,18-15-,19-16-,26-24-,29-28-,34-31-. The molecule has 0 amide bonds. The maximum atomic E-state index is 12.8. The highest BCUT2D eigenvalue weighted by molar-refractivity contribution is 5.71. The summed E-state index contributed by atoms with van der Waals surface area (Å²) in [6.45, 7) is 6.44. The maximum Gasteiger partial charge on any atom is 0.306 e. The molecule has 1 atom stereocenters. The first-order chi connectivity index (χ1) is 30.0. The lowest BCUT2D eigenvalue weighted by Gasteiger charge is -2.18. The Hall–Kier alpha value is -3.15. The highest BCUT2D eigenvalue weighted by atomic mass is 16.6. The van der Waals surface area contributed by atoms with Gasteiger partial charge in [-0.25, -0.2) is 0 Å². The second-order valence-corrected chi connectivity index (χ2v) is 16.7. The third-order valence-electron chi connectivity index (χ3n) is 10.7. The van der Waals surface area contributed by atoms with E-state index in [9.17, 15) is 14.4 Å². The fraction of sp³-hybridized carbons (Fsp3) is 0.727. The third-order valence-corrected chi connectivity index (χ3v) is 10.7. The van der Waals surface area contributed by atoms with Crippen LogP contribution >= 0.6 is 0 Å². The van der Waals surface area contributed by atoms with Gasteiger partial charge in [-0.05, 0) is 103 Å². The van der Waals surface area contributed by atoms with E-state index in [4.69, 9.17) is 14.2 Å². The van der Waals surface area contributed by atoms with Crippen molar-refractivity contribution in [3.63, 3.8) is 0 Å². The molecule has 0 spiro atoms. The van der Waals surface area contributed by atoms with Crippen LogP contribution in [0, 0.1) is 0 Å². The highest BCUT2D eigenvalue weighted by Gasteiger charge is 2.19. The molecule has 0 rings (SSSR count). The predicted molar refractivity (Wildman–Crippen MR) is 261 cm³/mol. The molecular formula is C55H94O6. The van der Waals surface area contributed by atoms with Gasteiger partial charge in [-0.2, -0.15) is 0 Å². The summed E-state index contributed by atoms with van der Waals surface area (Å²) in [4.78, 5) is 37.9. The van der Waals surface area contributed by atoms with Crippen LogP contribution < -0.4 is 0 Å². The monoisotopic (exact) mass is 851 g/mol. The predicted octanol–water partition coefficient (Wildman–Crippen LogP) is 16.6. The second kappa shape index (κ2) is 49.5. The van der Waals surface area contributed by atoms with Gasteiger partial charge >= 0.3 is 17.9 Å². The highest BCUT2D eigenvalue weighted by Crippen LogP contribution is 2.13. The van der Waals surface area contributed by atoms with Crippen molar-refractivity contribution in [2.75, 3.05) is 13.2 Å². The Morgan fingerprint density at radius 1 is 0.344 bits per heavy atom. The van der Waals surface area contributed by atoms with Gasteiger partial charge < -0.3 is 14.2 Å². The summed E-state index contributed by atoms with van der Waals surface area (Å²) in [5.41, 5.74) is 0. The van der Waals surface area contributed by atoms with Gasteiger partial charge in [-0.1, -0.05) is 190 Å². The Labute approximate surface area is 376 Å². The first kappa shape index (κ1) is 57.9. The molecule has 61 heavy (non-hydrogen) atoms. The van der Waals surface area contributed by atoms with E-state index in [-0.39, 0.29) is 31.1 Å². The Kier molecular flexibility index (Phi) is 46.9. The zero-order chi connectivity index (χ0) is 44.4. The summed E-state index contributed by atoms with van der Waals surface area (Å²) in [6.07, 6.45) is 61.7. The summed E-state index contributed by atoms with van der Waals surface area (Å²) in [7, 11) is 0. The van der Waals surface area contributed by atoms with Crippen molar-refractivity contribution < 1.29 is 28.6 Å². The zero-order valence-electron chi connectivity index (χ0n) is 39.9. The topological polar surface area (TPSA) is 78.9 Å². The Bertz CT molecular complexity index is 1160. The normalized spacial score (nSPS) is 12.6. The number of carbonyl (C=O) groups excluding carboxylic acids is 3. The number of hydrogen-bond acceptors (Lipinski definition) is 6. The number of unbranched alkanes of at least 4 members (excludes halogenated alkanes) is 22. The number of ether oxygens (including phenoxy) is 3. The molecular weight excluding hydrogens is 757 g/mol. The van der Waals surface area contributed by atoms with Crippen molar-refractivity contribution in [1.82, 2.24) is 0 Å². The zero-order valence-corrected chi connectivity index (χ0v) is 39.9. The molecule has 1 unspecified atom stereocenters. The van der Waals surface area contributed by atoms with E-state index in [1.807, 2.05) is 0 Å². The van der Waals surface area contributed by atoms with Crippen LogP contribution in [0.3, 0.4) is 0 Å². The molecule has 0 aliphatic heterocycles. The molecule has 0 fully saturated rings. The van der Waals surface area contributed by atoms with Gasteiger partial charge in [0.05, 0.1) is 0 Å². The van der Waals surface area contributed by atoms with E-state index >= 15 is 0 Å². The third kappa shape index (κ3) is 47.7. The number of esters is 3. The molecule has 0 radical (unpaired) electrons. The summed E-state index contributed by atoms with van der Waals surface area (Å²) in [5, 5.41) is 0. The lowest BCUT2D eigenvalue weighted by Crippen LogP contribution is -2.30. The summed E-state index contributed by atoms with van der Waals surface area (Å²) < 4.78 is 16.7. The van der Waals surface area contributed by atoms with E-state index in [0.29, 0.717) is 19.3 Å². The number of hydrogen-bond donors (Lipinski definition) is 0. The van der Waals surface area contributed by atoms with Crippen LogP contribution in [0.2, 0.25) is 0 Å². The molecule has 0 saturated carbocycles. The van der Waals surface area contributed by atoms with Crippen molar-refractivity contribution in [1.29, 1.82) is 0 Å². The fourth-order valence-electron chi connectivity index (χ4n) is 6.82. The molecule has 0 aromatic carbocycles. The van der Waals surface area contributed by atoms with E-state index in [1.165, 1.54) is 77.0 Å². The SMILES string of the molecule is CC/C=C\C/C=C\C/C=C\C/C=C\CCCCCCCCC(=O)OCC(COC(=O)CCCCCC/C=C\CCCC)OC(=O)CCCCC/C=C\CCCCCCCCC. The Morgan fingerprint density at radius 2 is 0.656 bits per heavy atom. The van der Waals surface area contributed by atoms with Crippen LogP contribution in [0.15, 0.2) is 72.9 Å². The van der Waals surface area contributed by atoms with Gasteiger partial charge in [-0.15, -0.1) is 0 Å². The molecule has 0 aliphatic rings. The van der Waals surface area contributed by atoms with E-state index < -0.39 is 6.10 Å². The van der Waals surface area contributed by atoms with Crippen LogP contribution in [0.4, 0.5) is 0 Å². The number of carbonyl (C=O) groups is 3. The van der Waals surface area contributed by atoms with E-state index in [0.717, 1.165) is 122 Å². The molecule has 350 valence electrons. The average Bonchev–Trinajstić information content (AvgIpc) is 3.26. The molecule has 0 aliphatic carbocycles. The minimum atomic E-state index is -0.792. The first-order valence-electron chi connectivity index (χ1n) is 25.4. The van der Waals surface area contributed by atoms with Crippen molar-refractivity contribution in [3.8, 4) is 0 Å². The minimum absolute atomic E-state index is 0.0924. The fourth-order valence-corrected chi connectivity index (χ4v) is 6.82. The van der Waals surface area contributed by atoms with Crippen LogP contribution in [0.5, 0.6) is 0 Å². The summed E-state index contributed by atoms with van der Waals surface area (Å²) in [5.74, 6) is -0.936. The smallest absolute Gasteiger partial charge is 0.306 e. The quantitative estimate of drug-likeness (QED) is 0.0263. The van der Waals surface area contributed by atoms with Crippen molar-refractivity contribution in [3.05, 3.63) is 72.9 Å². The molecule has 6 nitrogen and oxygen atoms in total. The van der Waals surface area contributed by atoms with Crippen molar-refractivity contribution in [2.24, 2.45) is 0 Å². The maximum absolute atomic E-state index is 12.8. The largest absolute Gasteiger partial charge is 0.462 e. The average molecular weight is 851 g/mol. The van der Waals surface area contributed by atoms with Gasteiger partial charge in [0.1, 0.15) is 13.2 Å². The molecule has 0 heterocycles. The minimum Gasteiger partial charge on any atom is -0.462 e. The molecule has 6 heteroatoms. The molecule has 0 aromatic heterocycles. The Morgan fingerprint density at radius 3 is 1.08 bits per heavy atom. The van der Waals surface area contributed by atoms with Gasteiger partial charge in [0, 0.05) is 19.3 Å². The van der Waals surface area contributed by atoms with Gasteiger partial charge in [0.2, 0.25) is 0 Å².